The molecule has 1 aromatic rings. The highest BCUT2D eigenvalue weighted by atomic mass is 19.3. The summed E-state index contributed by atoms with van der Waals surface area (Å²) in [6, 6.07) is 7.23. The molecule has 0 saturated carbocycles. The Morgan fingerprint density at radius 2 is 1.93 bits per heavy atom. The van der Waals surface area contributed by atoms with Crippen LogP contribution in [0.25, 0.3) is 0 Å². The van der Waals surface area contributed by atoms with Crippen molar-refractivity contribution in [3.8, 4) is 0 Å². The summed E-state index contributed by atoms with van der Waals surface area (Å²) >= 11 is 0. The van der Waals surface area contributed by atoms with Crippen LogP contribution in [0.2, 0.25) is 0 Å². The van der Waals surface area contributed by atoms with E-state index in [1.807, 2.05) is 0 Å². The molecule has 0 spiro atoms. The molecule has 152 valence electrons. The van der Waals surface area contributed by atoms with Gasteiger partial charge in [0.05, 0.1) is 6.04 Å². The molecule has 0 aromatic heterocycles. The van der Waals surface area contributed by atoms with Crippen LogP contribution in [0.3, 0.4) is 0 Å². The lowest BCUT2D eigenvalue weighted by molar-refractivity contribution is -0.140. The second-order valence-corrected chi connectivity index (χ2v) is 6.52. The SMILES string of the molecule is O=C(NC(CC(F)F)C(=O)CC1CCCNC(=O)C1=O)OCc1ccccc1. The Kier molecular flexibility index (Phi) is 8.03. The van der Waals surface area contributed by atoms with E-state index in [2.05, 4.69) is 10.6 Å². The van der Waals surface area contributed by atoms with Crippen molar-refractivity contribution in [3.05, 3.63) is 35.9 Å². The summed E-state index contributed by atoms with van der Waals surface area (Å²) in [7, 11) is 0. The Balaban J connectivity index is 1.95. The fourth-order valence-electron chi connectivity index (χ4n) is 2.89. The molecule has 1 fully saturated rings. The minimum absolute atomic E-state index is 0.0798. The van der Waals surface area contributed by atoms with Gasteiger partial charge in [0.25, 0.3) is 5.91 Å². The average molecular weight is 396 g/mol. The number of ether oxygens (including phenoxy) is 1. The fraction of sp³-hybridized carbons (Fsp3) is 0.474. The molecule has 0 bridgehead atoms. The zero-order chi connectivity index (χ0) is 20.5. The van der Waals surface area contributed by atoms with Gasteiger partial charge in [-0.2, -0.15) is 0 Å². The minimum Gasteiger partial charge on any atom is -0.445 e. The lowest BCUT2D eigenvalue weighted by atomic mass is 9.90. The fourth-order valence-corrected chi connectivity index (χ4v) is 2.89. The quantitative estimate of drug-likeness (QED) is 0.655. The number of nitrogens with one attached hydrogen (secondary N) is 2. The first-order chi connectivity index (χ1) is 13.4. The Bertz CT molecular complexity index is 712. The third kappa shape index (κ3) is 6.71. The van der Waals surface area contributed by atoms with Crippen molar-refractivity contribution < 1.29 is 32.7 Å². The van der Waals surface area contributed by atoms with Crippen molar-refractivity contribution in [2.75, 3.05) is 6.54 Å². The largest absolute Gasteiger partial charge is 0.445 e. The molecular weight excluding hydrogens is 374 g/mol. The number of alkyl halides is 2. The third-order valence-electron chi connectivity index (χ3n) is 4.36. The van der Waals surface area contributed by atoms with E-state index in [9.17, 15) is 28.0 Å². The second kappa shape index (κ2) is 10.5. The highest BCUT2D eigenvalue weighted by Crippen LogP contribution is 2.18. The Hall–Kier alpha value is -2.84. The number of amides is 2. The molecule has 28 heavy (non-hydrogen) atoms. The molecule has 1 aliphatic rings. The molecule has 1 aliphatic heterocycles. The number of Topliss-reactive ketones (excluding diaryl/α,β-unsaturated/α-hetero) is 2. The van der Waals surface area contributed by atoms with E-state index in [-0.39, 0.29) is 13.0 Å². The molecule has 1 aromatic carbocycles. The van der Waals surface area contributed by atoms with Gasteiger partial charge in [0, 0.05) is 25.3 Å². The monoisotopic (exact) mass is 396 g/mol. The van der Waals surface area contributed by atoms with Gasteiger partial charge in [0.15, 0.2) is 5.78 Å². The zero-order valence-corrected chi connectivity index (χ0v) is 15.2. The van der Waals surface area contributed by atoms with Gasteiger partial charge in [-0.3, -0.25) is 14.4 Å². The number of hydrogen-bond donors (Lipinski definition) is 2. The van der Waals surface area contributed by atoms with E-state index in [0.717, 1.165) is 0 Å². The van der Waals surface area contributed by atoms with Crippen molar-refractivity contribution in [1.82, 2.24) is 10.6 Å². The number of rotatable bonds is 8. The normalized spacial score (nSPS) is 18.2. The maximum atomic E-state index is 12.9. The highest BCUT2D eigenvalue weighted by Gasteiger charge is 2.33. The van der Waals surface area contributed by atoms with Crippen LogP contribution >= 0.6 is 0 Å². The predicted octanol–water partition coefficient (Wildman–Crippen LogP) is 1.99. The van der Waals surface area contributed by atoms with Crippen molar-refractivity contribution in [3.63, 3.8) is 0 Å². The second-order valence-electron chi connectivity index (χ2n) is 6.52. The molecule has 1 heterocycles. The summed E-state index contributed by atoms with van der Waals surface area (Å²) in [6.07, 6.45) is -4.33. The smallest absolute Gasteiger partial charge is 0.408 e. The highest BCUT2D eigenvalue weighted by molar-refractivity contribution is 6.37. The van der Waals surface area contributed by atoms with E-state index in [0.29, 0.717) is 24.9 Å². The van der Waals surface area contributed by atoms with Crippen molar-refractivity contribution in [2.24, 2.45) is 5.92 Å². The summed E-state index contributed by atoms with van der Waals surface area (Å²) in [4.78, 5) is 47.9. The summed E-state index contributed by atoms with van der Waals surface area (Å²) in [5.74, 6) is -3.13. The number of benzene rings is 1. The number of hydrogen-bond acceptors (Lipinski definition) is 5. The number of carbonyl (C=O) groups excluding carboxylic acids is 4. The molecule has 0 aliphatic carbocycles. The molecule has 1 saturated heterocycles. The topological polar surface area (TPSA) is 102 Å². The number of ketones is 2. The molecule has 2 amide bonds. The molecule has 2 atom stereocenters. The van der Waals surface area contributed by atoms with E-state index in [4.69, 9.17) is 4.74 Å². The van der Waals surface area contributed by atoms with Crippen molar-refractivity contribution in [2.45, 2.75) is 44.8 Å². The van der Waals surface area contributed by atoms with E-state index >= 15 is 0 Å². The summed E-state index contributed by atoms with van der Waals surface area (Å²) in [5.41, 5.74) is 0.699. The van der Waals surface area contributed by atoms with Gasteiger partial charge in [-0.05, 0) is 18.4 Å². The van der Waals surface area contributed by atoms with Gasteiger partial charge in [0.1, 0.15) is 6.61 Å². The Labute approximate surface area is 160 Å². The molecule has 9 heteroatoms. The summed E-state index contributed by atoms with van der Waals surface area (Å²) < 4.78 is 30.7. The van der Waals surface area contributed by atoms with E-state index in [1.165, 1.54) is 0 Å². The first kappa shape index (κ1) is 21.5. The lowest BCUT2D eigenvalue weighted by Gasteiger charge is -2.19. The van der Waals surface area contributed by atoms with Crippen LogP contribution in [0.4, 0.5) is 13.6 Å². The maximum Gasteiger partial charge on any atom is 0.408 e. The standard InChI is InChI=1S/C19H22F2N2O5/c20-16(21)10-14(23-19(27)28-11-12-5-2-1-3-6-12)15(24)9-13-7-4-8-22-18(26)17(13)25/h1-3,5-6,13-14,16H,4,7-11H2,(H,22,26)(H,23,27). The van der Waals surface area contributed by atoms with Crippen molar-refractivity contribution >= 4 is 23.6 Å². The van der Waals surface area contributed by atoms with E-state index < -0.39 is 48.4 Å². The van der Waals surface area contributed by atoms with Crippen LogP contribution in [-0.2, 0) is 25.7 Å². The van der Waals surface area contributed by atoms with Crippen LogP contribution in [-0.4, -0.2) is 42.6 Å². The van der Waals surface area contributed by atoms with Gasteiger partial charge >= 0.3 is 6.09 Å². The van der Waals surface area contributed by atoms with Crippen LogP contribution < -0.4 is 10.6 Å². The summed E-state index contributed by atoms with van der Waals surface area (Å²) in [6.45, 7) is 0.239. The molecule has 2 N–H and O–H groups in total. The van der Waals surface area contributed by atoms with Crippen molar-refractivity contribution in [1.29, 1.82) is 0 Å². The lowest BCUT2D eigenvalue weighted by Crippen LogP contribution is -2.43. The van der Waals surface area contributed by atoms with Crippen LogP contribution in [0.1, 0.15) is 31.2 Å². The molecule has 2 unspecified atom stereocenters. The summed E-state index contributed by atoms with van der Waals surface area (Å²) in [5, 5.41) is 4.56. The predicted molar refractivity (Wildman–Crippen MR) is 94.5 cm³/mol. The van der Waals surface area contributed by atoms with Gasteiger partial charge in [0.2, 0.25) is 12.2 Å². The zero-order valence-electron chi connectivity index (χ0n) is 15.2. The third-order valence-corrected chi connectivity index (χ3v) is 4.36. The Morgan fingerprint density at radius 1 is 1.21 bits per heavy atom. The maximum absolute atomic E-state index is 12.9. The first-order valence-corrected chi connectivity index (χ1v) is 8.97. The van der Waals surface area contributed by atoms with Gasteiger partial charge in [-0.15, -0.1) is 0 Å². The van der Waals surface area contributed by atoms with Crippen LogP contribution in [0.5, 0.6) is 0 Å². The van der Waals surface area contributed by atoms with Gasteiger partial charge in [-0.25, -0.2) is 13.6 Å². The average Bonchev–Trinajstić information content (AvgIpc) is 2.82. The van der Waals surface area contributed by atoms with Gasteiger partial charge in [-0.1, -0.05) is 30.3 Å². The van der Waals surface area contributed by atoms with E-state index in [1.54, 1.807) is 30.3 Å². The number of alkyl carbamates (subject to hydrolysis) is 1. The minimum atomic E-state index is -2.84. The molecule has 2 rings (SSSR count). The van der Waals surface area contributed by atoms with Crippen LogP contribution in [0, 0.1) is 5.92 Å². The molecule has 7 nitrogen and oxygen atoms in total. The molecule has 0 radical (unpaired) electrons. The number of carbonyl (C=O) groups is 4. The van der Waals surface area contributed by atoms with Gasteiger partial charge < -0.3 is 15.4 Å². The Morgan fingerprint density at radius 3 is 2.61 bits per heavy atom. The number of halogens is 2. The van der Waals surface area contributed by atoms with Crippen LogP contribution in [0.15, 0.2) is 30.3 Å². The molecular formula is C19H22F2N2O5. The first-order valence-electron chi connectivity index (χ1n) is 8.97.